The zero-order valence-corrected chi connectivity index (χ0v) is 12.1. The van der Waals surface area contributed by atoms with Crippen LogP contribution in [0.4, 0.5) is 0 Å². The fourth-order valence-corrected chi connectivity index (χ4v) is 2.52. The van der Waals surface area contributed by atoms with E-state index in [0.29, 0.717) is 13.0 Å². The zero-order chi connectivity index (χ0) is 14.8. The normalized spacial score (nSPS) is 23.9. The number of hydrogen-bond donors (Lipinski definition) is 3. The van der Waals surface area contributed by atoms with Gasteiger partial charge in [0.1, 0.15) is 12.1 Å². The highest BCUT2D eigenvalue weighted by Crippen LogP contribution is 2.22. The van der Waals surface area contributed by atoms with Gasteiger partial charge in [0.25, 0.3) is 0 Å². The number of rotatable bonds is 4. The molecule has 1 aliphatic heterocycles. The van der Waals surface area contributed by atoms with Gasteiger partial charge in [-0.2, -0.15) is 0 Å². The monoisotopic (exact) mass is 271 g/mol. The number of carboxylic acid groups (broad SMARTS) is 1. The maximum absolute atomic E-state index is 12.3. The van der Waals surface area contributed by atoms with E-state index in [0.717, 1.165) is 6.42 Å². The molecule has 19 heavy (non-hydrogen) atoms. The molecule has 1 amide bonds. The number of carbonyl (C=O) groups is 2. The van der Waals surface area contributed by atoms with Gasteiger partial charge >= 0.3 is 5.97 Å². The van der Waals surface area contributed by atoms with E-state index in [-0.39, 0.29) is 11.4 Å². The Bertz CT molecular complexity index is 350. The van der Waals surface area contributed by atoms with Gasteiger partial charge in [0.05, 0.1) is 0 Å². The Balaban J connectivity index is 2.88. The van der Waals surface area contributed by atoms with Crippen LogP contribution in [-0.2, 0) is 9.59 Å². The quantitative estimate of drug-likeness (QED) is 0.677. The summed E-state index contributed by atoms with van der Waals surface area (Å²) in [5.74, 6) is -1.08. The van der Waals surface area contributed by atoms with Crippen molar-refractivity contribution in [3.63, 3.8) is 0 Å². The van der Waals surface area contributed by atoms with Crippen LogP contribution >= 0.6 is 0 Å². The summed E-state index contributed by atoms with van der Waals surface area (Å²) in [5, 5.41) is 12.1. The van der Waals surface area contributed by atoms with Gasteiger partial charge in [0.2, 0.25) is 5.91 Å². The molecular formula is C13H25N3O3. The predicted molar refractivity (Wildman–Crippen MR) is 72.7 cm³/mol. The molecule has 0 aromatic heterocycles. The van der Waals surface area contributed by atoms with Crippen LogP contribution in [-0.4, -0.2) is 52.1 Å². The lowest BCUT2D eigenvalue weighted by molar-refractivity contribution is -0.144. The van der Waals surface area contributed by atoms with E-state index in [2.05, 4.69) is 5.32 Å². The third kappa shape index (κ3) is 4.18. The number of carbonyl (C=O) groups excluding carboxylic acids is 1. The lowest BCUT2D eigenvalue weighted by Gasteiger charge is -2.34. The molecule has 110 valence electrons. The molecule has 0 aliphatic carbocycles. The molecule has 6 nitrogen and oxygen atoms in total. The van der Waals surface area contributed by atoms with Crippen molar-refractivity contribution >= 4 is 11.9 Å². The summed E-state index contributed by atoms with van der Waals surface area (Å²) in [5.41, 5.74) is 5.54. The van der Waals surface area contributed by atoms with Crippen LogP contribution in [0.2, 0.25) is 0 Å². The van der Waals surface area contributed by atoms with Crippen LogP contribution in [0.25, 0.3) is 0 Å². The van der Waals surface area contributed by atoms with Crippen molar-refractivity contribution in [2.45, 2.75) is 64.2 Å². The number of amides is 1. The van der Waals surface area contributed by atoms with Crippen molar-refractivity contribution in [1.29, 1.82) is 0 Å². The van der Waals surface area contributed by atoms with Crippen LogP contribution in [0.5, 0.6) is 0 Å². The predicted octanol–water partition coefficient (Wildman–Crippen LogP) is 0.166. The number of nitrogens with two attached hydrogens (primary N) is 1. The Kier molecular flexibility index (Phi) is 4.92. The standard InChI is InChI=1S/C13H25N3O3/c1-8(14)10(11(17)15-13(2,3)4)16-7-5-6-9(16)12(18)19/h8-10H,5-7,14H2,1-4H3,(H,15,17)(H,18,19)/t8-,9-,10-/m0/s1. The molecule has 1 aliphatic rings. The summed E-state index contributed by atoms with van der Waals surface area (Å²) in [6.45, 7) is 8.01. The third-order valence-electron chi connectivity index (χ3n) is 3.20. The first-order valence-electron chi connectivity index (χ1n) is 6.69. The lowest BCUT2D eigenvalue weighted by atomic mass is 10.0. The molecule has 0 bridgehead atoms. The second-order valence-electron chi connectivity index (χ2n) is 6.28. The summed E-state index contributed by atoms with van der Waals surface area (Å²) in [7, 11) is 0. The number of nitrogens with one attached hydrogen (secondary N) is 1. The van der Waals surface area contributed by atoms with Crippen molar-refractivity contribution in [3.8, 4) is 0 Å². The minimum atomic E-state index is -0.883. The second kappa shape index (κ2) is 5.88. The van der Waals surface area contributed by atoms with Gasteiger partial charge in [-0.15, -0.1) is 0 Å². The molecule has 0 unspecified atom stereocenters. The van der Waals surface area contributed by atoms with Gasteiger partial charge in [-0.1, -0.05) is 0 Å². The fraction of sp³-hybridized carbons (Fsp3) is 0.846. The Hall–Kier alpha value is -1.14. The van der Waals surface area contributed by atoms with Gasteiger partial charge < -0.3 is 16.2 Å². The molecule has 0 saturated carbocycles. The maximum Gasteiger partial charge on any atom is 0.320 e. The van der Waals surface area contributed by atoms with E-state index in [4.69, 9.17) is 5.73 Å². The highest BCUT2D eigenvalue weighted by molar-refractivity contribution is 5.84. The fourth-order valence-electron chi connectivity index (χ4n) is 2.52. The second-order valence-corrected chi connectivity index (χ2v) is 6.28. The summed E-state index contributed by atoms with van der Waals surface area (Å²) >= 11 is 0. The van der Waals surface area contributed by atoms with E-state index in [1.807, 2.05) is 20.8 Å². The largest absolute Gasteiger partial charge is 0.480 e. The van der Waals surface area contributed by atoms with Crippen molar-refractivity contribution < 1.29 is 14.7 Å². The summed E-state index contributed by atoms with van der Waals surface area (Å²) in [6, 6.07) is -1.62. The maximum atomic E-state index is 12.3. The lowest BCUT2D eigenvalue weighted by Crippen LogP contribution is -2.60. The molecule has 1 saturated heterocycles. The number of likely N-dealkylation sites (tertiary alicyclic amines) is 1. The van der Waals surface area contributed by atoms with Crippen LogP contribution < -0.4 is 11.1 Å². The first-order valence-corrected chi connectivity index (χ1v) is 6.69. The summed E-state index contributed by atoms with van der Waals surface area (Å²) in [6.07, 6.45) is 1.35. The Labute approximate surface area is 114 Å². The van der Waals surface area contributed by atoms with E-state index in [1.165, 1.54) is 0 Å². The van der Waals surface area contributed by atoms with Gasteiger partial charge in [-0.25, -0.2) is 0 Å². The van der Waals surface area contributed by atoms with Crippen molar-refractivity contribution in [2.24, 2.45) is 5.73 Å². The molecule has 0 radical (unpaired) electrons. The van der Waals surface area contributed by atoms with E-state index in [1.54, 1.807) is 11.8 Å². The molecule has 1 fully saturated rings. The van der Waals surface area contributed by atoms with E-state index >= 15 is 0 Å². The molecule has 4 N–H and O–H groups in total. The minimum Gasteiger partial charge on any atom is -0.480 e. The summed E-state index contributed by atoms with van der Waals surface area (Å²) in [4.78, 5) is 25.3. The molecule has 0 aromatic carbocycles. The van der Waals surface area contributed by atoms with Gasteiger partial charge in [-0.05, 0) is 47.1 Å². The SMILES string of the molecule is C[C@H](N)[C@@H](C(=O)NC(C)(C)C)N1CCC[C@H]1C(=O)O. The molecule has 6 heteroatoms. The summed E-state index contributed by atoms with van der Waals surface area (Å²) < 4.78 is 0. The average molecular weight is 271 g/mol. The van der Waals surface area contributed by atoms with Crippen LogP contribution in [0.15, 0.2) is 0 Å². The first kappa shape index (κ1) is 15.9. The van der Waals surface area contributed by atoms with Crippen LogP contribution in [0.3, 0.4) is 0 Å². The van der Waals surface area contributed by atoms with E-state index < -0.39 is 24.1 Å². The number of hydrogen-bond acceptors (Lipinski definition) is 4. The molecular weight excluding hydrogens is 246 g/mol. The minimum absolute atomic E-state index is 0.198. The van der Waals surface area contributed by atoms with Crippen molar-refractivity contribution in [3.05, 3.63) is 0 Å². The molecule has 0 aromatic rings. The number of aliphatic carboxylic acids is 1. The Morgan fingerprint density at radius 3 is 2.42 bits per heavy atom. The zero-order valence-electron chi connectivity index (χ0n) is 12.1. The smallest absolute Gasteiger partial charge is 0.320 e. The van der Waals surface area contributed by atoms with Crippen LogP contribution in [0.1, 0.15) is 40.5 Å². The average Bonchev–Trinajstić information content (AvgIpc) is 2.62. The van der Waals surface area contributed by atoms with E-state index in [9.17, 15) is 14.7 Å². The molecule has 1 rings (SSSR count). The number of nitrogens with zero attached hydrogens (tertiary/aromatic N) is 1. The third-order valence-corrected chi connectivity index (χ3v) is 3.20. The topological polar surface area (TPSA) is 95.7 Å². The molecule has 3 atom stereocenters. The van der Waals surface area contributed by atoms with Crippen molar-refractivity contribution in [2.75, 3.05) is 6.54 Å². The van der Waals surface area contributed by atoms with Crippen molar-refractivity contribution in [1.82, 2.24) is 10.2 Å². The van der Waals surface area contributed by atoms with Gasteiger partial charge in [0, 0.05) is 11.6 Å². The molecule has 1 heterocycles. The van der Waals surface area contributed by atoms with Crippen LogP contribution in [0, 0.1) is 0 Å². The van der Waals surface area contributed by atoms with Gasteiger partial charge in [-0.3, -0.25) is 14.5 Å². The highest BCUT2D eigenvalue weighted by atomic mass is 16.4. The Morgan fingerprint density at radius 2 is 2.00 bits per heavy atom. The highest BCUT2D eigenvalue weighted by Gasteiger charge is 2.40. The number of carboxylic acids is 1. The first-order chi connectivity index (χ1) is 8.63. The van der Waals surface area contributed by atoms with Gasteiger partial charge in [0.15, 0.2) is 0 Å². The Morgan fingerprint density at radius 1 is 1.42 bits per heavy atom. The molecule has 0 spiro atoms.